The van der Waals surface area contributed by atoms with Crippen LogP contribution in [0.5, 0.6) is 11.5 Å². The molecular formula is C26H21N3O2. The smallest absolute Gasteiger partial charge is 0.272 e. The summed E-state index contributed by atoms with van der Waals surface area (Å²) in [6, 6.07) is 26.8. The number of hydrazone groups is 1. The lowest BCUT2D eigenvalue weighted by Crippen LogP contribution is -2.18. The van der Waals surface area contributed by atoms with Crippen LogP contribution in [0.25, 0.3) is 10.9 Å². The van der Waals surface area contributed by atoms with Crippen molar-refractivity contribution in [3.8, 4) is 11.5 Å². The molecule has 5 rings (SSSR count). The second-order valence-electron chi connectivity index (χ2n) is 7.57. The number of amides is 1. The first-order chi connectivity index (χ1) is 15.3. The van der Waals surface area contributed by atoms with Gasteiger partial charge < -0.3 is 4.74 Å². The maximum absolute atomic E-state index is 12.9. The molecule has 0 saturated heterocycles. The van der Waals surface area contributed by atoms with E-state index in [1.807, 2.05) is 84.9 Å². The summed E-state index contributed by atoms with van der Waals surface area (Å²) in [5, 5.41) is 4.99. The fourth-order valence-electron chi connectivity index (χ4n) is 3.48. The van der Waals surface area contributed by atoms with Crippen molar-refractivity contribution in [2.75, 3.05) is 0 Å². The Morgan fingerprint density at radius 2 is 1.71 bits per heavy atom. The Bertz CT molecular complexity index is 1260. The number of hydrogen-bond acceptors (Lipinski definition) is 4. The lowest BCUT2D eigenvalue weighted by atomic mass is 10.1. The van der Waals surface area contributed by atoms with Gasteiger partial charge in [-0.1, -0.05) is 48.5 Å². The summed E-state index contributed by atoms with van der Waals surface area (Å²) in [6.07, 6.45) is 3.87. The van der Waals surface area contributed by atoms with Crippen molar-refractivity contribution in [1.29, 1.82) is 0 Å². The molecule has 0 radical (unpaired) electrons. The van der Waals surface area contributed by atoms with Gasteiger partial charge in [-0.25, -0.2) is 5.43 Å². The van der Waals surface area contributed by atoms with Crippen molar-refractivity contribution < 1.29 is 9.53 Å². The van der Waals surface area contributed by atoms with Gasteiger partial charge in [0.2, 0.25) is 0 Å². The molecule has 5 nitrogen and oxygen atoms in total. The predicted octanol–water partition coefficient (Wildman–Crippen LogP) is 5.67. The van der Waals surface area contributed by atoms with E-state index >= 15 is 0 Å². The molecular weight excluding hydrogens is 386 g/mol. The number of carbonyl (C=O) groups is 1. The normalized spacial score (nSPS) is 13.4. The molecule has 3 aromatic carbocycles. The van der Waals surface area contributed by atoms with Gasteiger partial charge in [-0.05, 0) is 54.8 Å². The summed E-state index contributed by atoms with van der Waals surface area (Å²) >= 11 is 0. The highest BCUT2D eigenvalue weighted by Crippen LogP contribution is 2.40. The maximum atomic E-state index is 12.9. The van der Waals surface area contributed by atoms with E-state index in [-0.39, 0.29) is 5.91 Å². The second kappa shape index (κ2) is 8.40. The highest BCUT2D eigenvalue weighted by molar-refractivity contribution is 6.06. The number of aromatic nitrogens is 1. The van der Waals surface area contributed by atoms with Gasteiger partial charge >= 0.3 is 0 Å². The van der Waals surface area contributed by atoms with Gasteiger partial charge in [-0.2, -0.15) is 5.10 Å². The van der Waals surface area contributed by atoms with Crippen molar-refractivity contribution in [3.63, 3.8) is 0 Å². The number of ether oxygens (including phenoxy) is 1. The van der Waals surface area contributed by atoms with Gasteiger partial charge in [0.25, 0.3) is 5.91 Å². The quantitative estimate of drug-likeness (QED) is 0.331. The third-order valence-corrected chi connectivity index (χ3v) is 5.19. The molecule has 0 spiro atoms. The van der Waals surface area contributed by atoms with Crippen molar-refractivity contribution in [1.82, 2.24) is 10.4 Å². The molecule has 1 aliphatic carbocycles. The molecule has 0 atom stereocenters. The van der Waals surface area contributed by atoms with Crippen LogP contribution in [-0.4, -0.2) is 17.1 Å². The number of para-hydroxylation sites is 2. The standard InChI is InChI=1S/C26H21N3O2/c30-26(23-16-25(19-13-14-19)28-24-12-5-4-11-22(23)24)29-27-17-18-7-6-10-21(15-18)31-20-8-2-1-3-9-20/h1-12,15-17,19H,13-14H2,(H,29,30)/b27-17-. The number of nitrogens with zero attached hydrogens (tertiary/aromatic N) is 2. The molecule has 0 aliphatic heterocycles. The first kappa shape index (κ1) is 19.0. The Morgan fingerprint density at radius 3 is 2.55 bits per heavy atom. The van der Waals surface area contributed by atoms with E-state index in [0.717, 1.165) is 40.8 Å². The molecule has 152 valence electrons. The third-order valence-electron chi connectivity index (χ3n) is 5.19. The van der Waals surface area contributed by atoms with E-state index in [4.69, 9.17) is 9.72 Å². The molecule has 1 fully saturated rings. The number of hydrogen-bond donors (Lipinski definition) is 1. The van der Waals surface area contributed by atoms with Crippen molar-refractivity contribution >= 4 is 23.0 Å². The van der Waals surface area contributed by atoms with Gasteiger partial charge in [0, 0.05) is 17.0 Å². The van der Waals surface area contributed by atoms with E-state index in [1.165, 1.54) is 0 Å². The van der Waals surface area contributed by atoms with E-state index in [9.17, 15) is 4.79 Å². The third kappa shape index (κ3) is 4.46. The van der Waals surface area contributed by atoms with Crippen molar-refractivity contribution in [3.05, 3.63) is 102 Å². The fourth-order valence-corrected chi connectivity index (χ4v) is 3.48. The predicted molar refractivity (Wildman–Crippen MR) is 122 cm³/mol. The average molecular weight is 407 g/mol. The van der Waals surface area contributed by atoms with Crippen LogP contribution in [0.2, 0.25) is 0 Å². The molecule has 5 heteroatoms. The lowest BCUT2D eigenvalue weighted by Gasteiger charge is -2.08. The van der Waals surface area contributed by atoms with Crippen LogP contribution in [-0.2, 0) is 0 Å². The van der Waals surface area contributed by atoms with Crippen LogP contribution in [0.3, 0.4) is 0 Å². The monoisotopic (exact) mass is 407 g/mol. The zero-order chi connectivity index (χ0) is 21.0. The number of fused-ring (bicyclic) bond motifs is 1. The minimum Gasteiger partial charge on any atom is -0.457 e. The number of benzene rings is 3. The van der Waals surface area contributed by atoms with E-state index in [0.29, 0.717) is 17.2 Å². The first-order valence-electron chi connectivity index (χ1n) is 10.3. The SMILES string of the molecule is O=C(N/N=C\c1cccc(Oc2ccccc2)c1)c1cc(C2CC2)nc2ccccc12. The molecule has 1 saturated carbocycles. The van der Waals surface area contributed by atoms with Gasteiger partial charge in [-0.3, -0.25) is 9.78 Å². The summed E-state index contributed by atoms with van der Waals surface area (Å²) in [5.41, 5.74) is 5.91. The highest BCUT2D eigenvalue weighted by atomic mass is 16.5. The largest absolute Gasteiger partial charge is 0.457 e. The first-order valence-corrected chi connectivity index (χ1v) is 10.3. The fraction of sp³-hybridized carbons (Fsp3) is 0.115. The summed E-state index contributed by atoms with van der Waals surface area (Å²) in [4.78, 5) is 17.6. The minimum atomic E-state index is -0.242. The van der Waals surface area contributed by atoms with Gasteiger partial charge in [0.05, 0.1) is 17.3 Å². The van der Waals surface area contributed by atoms with Crippen LogP contribution in [0.1, 0.15) is 40.4 Å². The Hall–Kier alpha value is -3.99. The molecule has 1 amide bonds. The Morgan fingerprint density at radius 1 is 0.935 bits per heavy atom. The number of carbonyl (C=O) groups excluding carboxylic acids is 1. The zero-order valence-corrected chi connectivity index (χ0v) is 16.9. The summed E-state index contributed by atoms with van der Waals surface area (Å²) in [5.74, 6) is 1.69. The Labute approximate surface area is 180 Å². The van der Waals surface area contributed by atoms with Gasteiger partial charge in [0.1, 0.15) is 11.5 Å². The maximum Gasteiger partial charge on any atom is 0.272 e. The van der Waals surface area contributed by atoms with E-state index < -0.39 is 0 Å². The van der Waals surface area contributed by atoms with Gasteiger partial charge in [-0.15, -0.1) is 0 Å². The number of rotatable bonds is 6. The summed E-state index contributed by atoms with van der Waals surface area (Å²) in [6.45, 7) is 0. The molecule has 4 aromatic rings. The van der Waals surface area contributed by atoms with Crippen molar-refractivity contribution in [2.45, 2.75) is 18.8 Å². The minimum absolute atomic E-state index is 0.242. The number of pyridine rings is 1. The number of nitrogens with one attached hydrogen (secondary N) is 1. The second-order valence-corrected chi connectivity index (χ2v) is 7.57. The Balaban J connectivity index is 1.32. The molecule has 0 bridgehead atoms. The molecule has 1 aromatic heterocycles. The Kier molecular flexibility index (Phi) is 5.15. The molecule has 31 heavy (non-hydrogen) atoms. The summed E-state index contributed by atoms with van der Waals surface area (Å²) < 4.78 is 5.85. The summed E-state index contributed by atoms with van der Waals surface area (Å²) in [7, 11) is 0. The van der Waals surface area contributed by atoms with Crippen LogP contribution in [0.4, 0.5) is 0 Å². The molecule has 1 aliphatic rings. The van der Waals surface area contributed by atoms with E-state index in [2.05, 4.69) is 10.5 Å². The molecule has 0 unspecified atom stereocenters. The molecule has 1 heterocycles. The highest BCUT2D eigenvalue weighted by Gasteiger charge is 2.26. The lowest BCUT2D eigenvalue weighted by molar-refractivity contribution is 0.0956. The van der Waals surface area contributed by atoms with Crippen LogP contribution < -0.4 is 10.2 Å². The van der Waals surface area contributed by atoms with Crippen LogP contribution in [0, 0.1) is 0 Å². The molecule has 1 N–H and O–H groups in total. The zero-order valence-electron chi connectivity index (χ0n) is 16.9. The van der Waals surface area contributed by atoms with Crippen LogP contribution in [0.15, 0.2) is 90.0 Å². The average Bonchev–Trinajstić information content (AvgIpc) is 3.65. The van der Waals surface area contributed by atoms with Gasteiger partial charge in [0.15, 0.2) is 0 Å². The van der Waals surface area contributed by atoms with Crippen molar-refractivity contribution in [2.24, 2.45) is 5.10 Å². The topological polar surface area (TPSA) is 63.6 Å². The van der Waals surface area contributed by atoms with E-state index in [1.54, 1.807) is 6.21 Å². The van der Waals surface area contributed by atoms with Crippen LogP contribution >= 0.6 is 0 Å².